The van der Waals surface area contributed by atoms with Crippen LogP contribution in [0.15, 0.2) is 12.1 Å². The topological polar surface area (TPSA) is 67.1 Å². The molecule has 92 valence electrons. The fourth-order valence-electron chi connectivity index (χ4n) is 1.42. The minimum absolute atomic E-state index is 0.0723. The summed E-state index contributed by atoms with van der Waals surface area (Å²) in [5, 5.41) is 5.22. The Hall–Kier alpha value is -1.85. The molecule has 2 rings (SSSR count). The summed E-state index contributed by atoms with van der Waals surface area (Å²) in [6, 6.07) is 2.43. The van der Waals surface area contributed by atoms with Crippen LogP contribution in [0, 0.1) is 11.6 Å². The van der Waals surface area contributed by atoms with E-state index >= 15 is 0 Å². The van der Waals surface area contributed by atoms with Crippen molar-refractivity contribution in [3.8, 4) is 0 Å². The van der Waals surface area contributed by atoms with Crippen LogP contribution in [0.25, 0.3) is 0 Å². The molecule has 0 aliphatic heterocycles. The van der Waals surface area contributed by atoms with Gasteiger partial charge in [-0.15, -0.1) is 0 Å². The van der Waals surface area contributed by atoms with E-state index in [1.54, 1.807) is 0 Å². The zero-order valence-corrected chi connectivity index (χ0v) is 9.09. The highest BCUT2D eigenvalue weighted by Gasteiger charge is 2.23. The van der Waals surface area contributed by atoms with E-state index in [9.17, 15) is 13.6 Å². The Morgan fingerprint density at radius 1 is 1.41 bits per heavy atom. The molecule has 0 spiro atoms. The molecule has 0 heterocycles. The first-order valence-corrected chi connectivity index (χ1v) is 5.34. The van der Waals surface area contributed by atoms with Gasteiger partial charge in [-0.25, -0.2) is 8.78 Å². The molecule has 0 saturated heterocycles. The summed E-state index contributed by atoms with van der Waals surface area (Å²) in [7, 11) is 0. The average Bonchev–Trinajstić information content (AvgIpc) is 3.07. The smallest absolute Gasteiger partial charge is 0.239 e. The second-order valence-electron chi connectivity index (χ2n) is 4.02. The van der Waals surface area contributed by atoms with Crippen LogP contribution in [0.1, 0.15) is 12.8 Å². The van der Waals surface area contributed by atoms with Crippen LogP contribution < -0.4 is 16.4 Å². The summed E-state index contributed by atoms with van der Waals surface area (Å²) in [6.45, 7) is -0.124. The zero-order chi connectivity index (χ0) is 12.4. The number of benzene rings is 1. The Bertz CT molecular complexity index is 447. The molecule has 0 atom stereocenters. The van der Waals surface area contributed by atoms with Crippen molar-refractivity contribution in [2.75, 3.05) is 17.6 Å². The number of halogens is 2. The van der Waals surface area contributed by atoms with E-state index in [2.05, 4.69) is 10.6 Å². The van der Waals surface area contributed by atoms with E-state index in [0.717, 1.165) is 18.9 Å². The molecule has 1 aliphatic carbocycles. The molecular weight excluding hydrogens is 228 g/mol. The van der Waals surface area contributed by atoms with Crippen LogP contribution in [0.2, 0.25) is 0 Å². The lowest BCUT2D eigenvalue weighted by molar-refractivity contribution is -0.119. The second kappa shape index (κ2) is 4.57. The summed E-state index contributed by atoms with van der Waals surface area (Å²) in [4.78, 5) is 11.3. The van der Waals surface area contributed by atoms with Gasteiger partial charge in [-0.05, 0) is 25.0 Å². The summed E-state index contributed by atoms with van der Waals surface area (Å²) < 4.78 is 26.3. The van der Waals surface area contributed by atoms with E-state index in [1.807, 2.05) is 0 Å². The molecule has 4 nitrogen and oxygen atoms in total. The van der Waals surface area contributed by atoms with E-state index < -0.39 is 11.6 Å². The Balaban J connectivity index is 1.97. The highest BCUT2D eigenvalue weighted by molar-refractivity contribution is 5.82. The first-order chi connectivity index (χ1) is 8.08. The number of anilines is 2. The first kappa shape index (κ1) is 11.6. The highest BCUT2D eigenvalue weighted by Crippen LogP contribution is 2.24. The third kappa shape index (κ3) is 2.83. The van der Waals surface area contributed by atoms with Crippen LogP contribution in [-0.4, -0.2) is 18.5 Å². The van der Waals surface area contributed by atoms with Crippen molar-refractivity contribution in [1.82, 2.24) is 5.32 Å². The van der Waals surface area contributed by atoms with Gasteiger partial charge in [-0.3, -0.25) is 4.79 Å². The second-order valence-corrected chi connectivity index (χ2v) is 4.02. The van der Waals surface area contributed by atoms with Gasteiger partial charge in [0, 0.05) is 6.04 Å². The Labute approximate surface area is 97.2 Å². The molecule has 6 heteroatoms. The van der Waals surface area contributed by atoms with Crippen LogP contribution >= 0.6 is 0 Å². The van der Waals surface area contributed by atoms with Gasteiger partial charge < -0.3 is 16.4 Å². The number of amides is 1. The molecule has 1 saturated carbocycles. The van der Waals surface area contributed by atoms with Gasteiger partial charge in [0.1, 0.15) is 0 Å². The van der Waals surface area contributed by atoms with Crippen LogP contribution in [0.5, 0.6) is 0 Å². The minimum atomic E-state index is -1.07. The van der Waals surface area contributed by atoms with Crippen molar-refractivity contribution in [3.05, 3.63) is 23.8 Å². The Morgan fingerprint density at radius 3 is 2.76 bits per heavy atom. The predicted octanol–water partition coefficient (Wildman–Crippen LogP) is 1.24. The van der Waals surface area contributed by atoms with Crippen molar-refractivity contribution < 1.29 is 13.6 Å². The van der Waals surface area contributed by atoms with E-state index in [1.165, 1.54) is 6.07 Å². The van der Waals surface area contributed by atoms with E-state index in [-0.39, 0.29) is 29.9 Å². The van der Waals surface area contributed by atoms with E-state index in [4.69, 9.17) is 5.73 Å². The van der Waals surface area contributed by atoms with Gasteiger partial charge in [0.15, 0.2) is 11.6 Å². The van der Waals surface area contributed by atoms with Crippen molar-refractivity contribution in [3.63, 3.8) is 0 Å². The van der Waals surface area contributed by atoms with Gasteiger partial charge in [0.2, 0.25) is 5.91 Å². The molecule has 0 radical (unpaired) electrons. The maximum atomic E-state index is 13.3. The van der Waals surface area contributed by atoms with Gasteiger partial charge in [0.25, 0.3) is 0 Å². The molecule has 0 unspecified atom stereocenters. The largest absolute Gasteiger partial charge is 0.397 e. The number of hydrogen-bond acceptors (Lipinski definition) is 3. The highest BCUT2D eigenvalue weighted by atomic mass is 19.2. The number of carbonyl (C=O) groups is 1. The summed E-state index contributed by atoms with van der Waals surface area (Å²) in [5.41, 5.74) is 5.39. The summed E-state index contributed by atoms with van der Waals surface area (Å²) in [5.74, 6) is -2.32. The zero-order valence-electron chi connectivity index (χ0n) is 9.09. The molecule has 17 heavy (non-hydrogen) atoms. The number of nitrogens with two attached hydrogens (primary N) is 1. The molecule has 1 aromatic rings. The summed E-state index contributed by atoms with van der Waals surface area (Å²) >= 11 is 0. The van der Waals surface area contributed by atoms with Crippen LogP contribution in [0.3, 0.4) is 0 Å². The molecule has 1 aliphatic rings. The standard InChI is InChI=1S/C11H13F2N3O/c12-7-3-4-8(14)11(10(7)13)15-5-9(17)16-6-1-2-6/h3-4,6,15H,1-2,5,14H2,(H,16,17). The number of nitrogens with one attached hydrogen (secondary N) is 2. The first-order valence-electron chi connectivity index (χ1n) is 5.34. The monoisotopic (exact) mass is 241 g/mol. The van der Waals surface area contributed by atoms with Gasteiger partial charge in [-0.1, -0.05) is 0 Å². The maximum absolute atomic E-state index is 13.3. The molecule has 0 aromatic heterocycles. The van der Waals surface area contributed by atoms with Crippen molar-refractivity contribution >= 4 is 17.3 Å². The fraction of sp³-hybridized carbons (Fsp3) is 0.364. The predicted molar refractivity (Wildman–Crippen MR) is 60.4 cm³/mol. The summed E-state index contributed by atoms with van der Waals surface area (Å²) in [6.07, 6.45) is 1.95. The number of hydrogen-bond donors (Lipinski definition) is 3. The van der Waals surface area contributed by atoms with Crippen molar-refractivity contribution in [1.29, 1.82) is 0 Å². The maximum Gasteiger partial charge on any atom is 0.239 e. The fourth-order valence-corrected chi connectivity index (χ4v) is 1.42. The molecule has 0 bridgehead atoms. The van der Waals surface area contributed by atoms with Gasteiger partial charge in [-0.2, -0.15) is 0 Å². The average molecular weight is 241 g/mol. The normalized spacial score (nSPS) is 14.5. The third-order valence-electron chi connectivity index (χ3n) is 2.50. The molecule has 4 N–H and O–H groups in total. The van der Waals surface area contributed by atoms with Crippen LogP contribution in [0.4, 0.5) is 20.2 Å². The SMILES string of the molecule is Nc1ccc(F)c(F)c1NCC(=O)NC1CC1. The molecular formula is C11H13F2N3O. The number of nitrogen functional groups attached to an aromatic ring is 1. The van der Waals surface area contributed by atoms with Crippen molar-refractivity contribution in [2.24, 2.45) is 0 Å². The number of carbonyl (C=O) groups excluding carboxylic acids is 1. The van der Waals surface area contributed by atoms with Crippen LogP contribution in [-0.2, 0) is 4.79 Å². The van der Waals surface area contributed by atoms with Gasteiger partial charge in [0.05, 0.1) is 17.9 Å². The molecule has 1 fully saturated rings. The third-order valence-corrected chi connectivity index (χ3v) is 2.50. The Kier molecular flexibility index (Phi) is 3.12. The lowest BCUT2D eigenvalue weighted by atomic mass is 10.2. The van der Waals surface area contributed by atoms with Crippen molar-refractivity contribution in [2.45, 2.75) is 18.9 Å². The lowest BCUT2D eigenvalue weighted by Crippen LogP contribution is -2.31. The molecule has 1 aromatic carbocycles. The van der Waals surface area contributed by atoms with Gasteiger partial charge >= 0.3 is 0 Å². The Morgan fingerprint density at radius 2 is 2.12 bits per heavy atom. The minimum Gasteiger partial charge on any atom is -0.397 e. The number of rotatable bonds is 4. The lowest BCUT2D eigenvalue weighted by Gasteiger charge is -2.10. The molecule has 1 amide bonds. The quantitative estimate of drug-likeness (QED) is 0.695. The van der Waals surface area contributed by atoms with E-state index in [0.29, 0.717) is 0 Å².